The molecule has 1 fully saturated rings. The van der Waals surface area contributed by atoms with Crippen LogP contribution in [-0.4, -0.2) is 55.2 Å². The molecule has 6 nitrogen and oxygen atoms in total. The Hall–Kier alpha value is -2.22. The van der Waals surface area contributed by atoms with E-state index >= 15 is 0 Å². The second-order valence-electron chi connectivity index (χ2n) is 10.1. The minimum Gasteiger partial charge on any atom is -0.447 e. The van der Waals surface area contributed by atoms with E-state index in [-0.39, 0.29) is 30.6 Å². The van der Waals surface area contributed by atoms with Crippen molar-refractivity contribution in [3.63, 3.8) is 0 Å². The number of hydrogen-bond donors (Lipinski definition) is 1. The lowest BCUT2D eigenvalue weighted by Crippen LogP contribution is -2.51. The average molecular weight is 516 g/mol. The highest BCUT2D eigenvalue weighted by Gasteiger charge is 2.44. The van der Waals surface area contributed by atoms with Gasteiger partial charge in [-0.1, -0.05) is 96.7 Å². The fourth-order valence-corrected chi connectivity index (χ4v) is 8.13. The Morgan fingerprint density at radius 1 is 1.19 bits per heavy atom. The highest BCUT2D eigenvalue weighted by atomic mass is 28.4. The van der Waals surface area contributed by atoms with Crippen LogP contribution in [0.3, 0.4) is 0 Å². The van der Waals surface area contributed by atoms with Gasteiger partial charge in [0.2, 0.25) is 5.91 Å². The number of allylic oxidation sites excluding steroid dienone is 2. The van der Waals surface area contributed by atoms with Gasteiger partial charge >= 0.3 is 6.09 Å². The van der Waals surface area contributed by atoms with Gasteiger partial charge in [0, 0.05) is 5.92 Å². The number of amides is 2. The summed E-state index contributed by atoms with van der Waals surface area (Å²) in [6.45, 7) is 16.2. The van der Waals surface area contributed by atoms with Gasteiger partial charge in [-0.25, -0.2) is 9.69 Å². The van der Waals surface area contributed by atoms with Crippen molar-refractivity contribution in [1.82, 2.24) is 4.90 Å². The van der Waals surface area contributed by atoms with Crippen LogP contribution in [-0.2, 0) is 20.4 Å². The largest absolute Gasteiger partial charge is 0.447 e. The summed E-state index contributed by atoms with van der Waals surface area (Å²) in [6.07, 6.45) is 4.31. The number of rotatable bonds is 14. The molecular weight excluding hydrogens is 470 g/mol. The molecule has 0 saturated carbocycles. The maximum Gasteiger partial charge on any atom is 0.416 e. The van der Waals surface area contributed by atoms with E-state index in [0.717, 1.165) is 23.7 Å². The molecule has 1 aliphatic rings. The molecule has 7 heteroatoms. The standard InChI is InChI=1S/C29H45NO5Si/c1-8-12-16-21(5)27(35-36(9-2,10-3)11-4)22(6)26(31)23(7)28(32)30-25(20-34-29(30)33)19-24-17-14-13-15-18-24/h8,12-18,21-23,25-27,31H,1,9-11,19-20H2,2-7H3/t21-,22-,23+,25+,26-,27-/m0/s1. The van der Waals surface area contributed by atoms with Gasteiger partial charge in [-0.15, -0.1) is 0 Å². The summed E-state index contributed by atoms with van der Waals surface area (Å²) in [6, 6.07) is 12.3. The fourth-order valence-electron chi connectivity index (χ4n) is 5.13. The number of ether oxygens (including phenoxy) is 1. The Kier molecular flexibility index (Phi) is 11.6. The monoisotopic (exact) mass is 515 g/mol. The third-order valence-corrected chi connectivity index (χ3v) is 12.5. The van der Waals surface area contributed by atoms with Crippen LogP contribution >= 0.6 is 0 Å². The number of carbonyl (C=O) groups excluding carboxylic acids is 2. The lowest BCUT2D eigenvalue weighted by molar-refractivity contribution is -0.139. The summed E-state index contributed by atoms with van der Waals surface area (Å²) in [7, 11) is -1.98. The van der Waals surface area contributed by atoms with Crippen molar-refractivity contribution in [1.29, 1.82) is 0 Å². The zero-order valence-corrected chi connectivity index (χ0v) is 23.9. The zero-order valence-electron chi connectivity index (χ0n) is 22.9. The topological polar surface area (TPSA) is 76.1 Å². The molecule has 0 spiro atoms. The smallest absolute Gasteiger partial charge is 0.416 e. The van der Waals surface area contributed by atoms with Crippen LogP contribution in [0.15, 0.2) is 55.1 Å². The molecule has 1 aromatic rings. The first-order valence-corrected chi connectivity index (χ1v) is 15.9. The lowest BCUT2D eigenvalue weighted by Gasteiger charge is -2.41. The Bertz CT molecular complexity index is 877. The van der Waals surface area contributed by atoms with E-state index in [1.165, 1.54) is 4.90 Å². The molecule has 0 aliphatic carbocycles. The highest BCUT2D eigenvalue weighted by Crippen LogP contribution is 2.33. The summed E-state index contributed by atoms with van der Waals surface area (Å²) in [4.78, 5) is 27.3. The predicted octanol–water partition coefficient (Wildman–Crippen LogP) is 5.98. The summed E-state index contributed by atoms with van der Waals surface area (Å²) in [5.41, 5.74) is 1.02. The van der Waals surface area contributed by atoms with Crippen molar-refractivity contribution in [3.05, 3.63) is 60.7 Å². The summed E-state index contributed by atoms with van der Waals surface area (Å²) >= 11 is 0. The minimum absolute atomic E-state index is 0.0223. The molecular formula is C29H45NO5Si. The molecule has 36 heavy (non-hydrogen) atoms. The molecule has 0 aromatic heterocycles. The number of benzene rings is 1. The Labute approximate surface area is 218 Å². The van der Waals surface area contributed by atoms with Crippen molar-refractivity contribution in [2.45, 2.75) is 84.3 Å². The molecule has 1 aromatic carbocycles. The van der Waals surface area contributed by atoms with Gasteiger partial charge in [0.05, 0.1) is 24.2 Å². The molecule has 1 aliphatic heterocycles. The first kappa shape index (κ1) is 30.0. The van der Waals surface area contributed by atoms with Crippen molar-refractivity contribution in [2.75, 3.05) is 6.61 Å². The number of nitrogens with zero attached hydrogens (tertiary/aromatic N) is 1. The normalized spacial score (nSPS) is 20.6. The maximum absolute atomic E-state index is 13.5. The van der Waals surface area contributed by atoms with E-state index < -0.39 is 32.3 Å². The highest BCUT2D eigenvalue weighted by molar-refractivity contribution is 6.73. The summed E-state index contributed by atoms with van der Waals surface area (Å²) in [5, 5.41) is 11.4. The summed E-state index contributed by atoms with van der Waals surface area (Å²) in [5.74, 6) is -1.49. The van der Waals surface area contributed by atoms with E-state index in [2.05, 4.69) is 34.3 Å². The van der Waals surface area contributed by atoms with Gasteiger partial charge in [-0.05, 0) is 36.0 Å². The molecule has 0 radical (unpaired) electrons. The molecule has 1 saturated heterocycles. The van der Waals surface area contributed by atoms with E-state index in [0.29, 0.717) is 6.42 Å². The number of cyclic esters (lactones) is 1. The molecule has 2 rings (SSSR count). The van der Waals surface area contributed by atoms with Crippen LogP contribution in [0.4, 0.5) is 4.79 Å². The first-order chi connectivity index (χ1) is 17.1. The van der Waals surface area contributed by atoms with Crippen LogP contribution in [0.2, 0.25) is 18.1 Å². The Balaban J connectivity index is 2.25. The fraction of sp³-hybridized carbons (Fsp3) is 0.586. The van der Waals surface area contributed by atoms with E-state index in [1.54, 1.807) is 13.0 Å². The third-order valence-electron chi connectivity index (χ3n) is 7.86. The molecule has 200 valence electrons. The Morgan fingerprint density at radius 3 is 2.36 bits per heavy atom. The minimum atomic E-state index is -1.98. The molecule has 6 atom stereocenters. The quantitative estimate of drug-likeness (QED) is 0.244. The number of aliphatic hydroxyl groups excluding tert-OH is 1. The Morgan fingerprint density at radius 2 is 1.81 bits per heavy atom. The van der Waals surface area contributed by atoms with E-state index in [9.17, 15) is 14.7 Å². The molecule has 0 bridgehead atoms. The van der Waals surface area contributed by atoms with Gasteiger partial charge in [-0.2, -0.15) is 0 Å². The average Bonchev–Trinajstić information content (AvgIpc) is 3.26. The number of imide groups is 1. The van der Waals surface area contributed by atoms with Gasteiger partial charge in [0.1, 0.15) is 6.61 Å². The lowest BCUT2D eigenvalue weighted by atomic mass is 9.83. The van der Waals surface area contributed by atoms with Crippen LogP contribution in [0.5, 0.6) is 0 Å². The van der Waals surface area contributed by atoms with E-state index in [4.69, 9.17) is 9.16 Å². The number of carbonyl (C=O) groups is 2. The van der Waals surface area contributed by atoms with Crippen molar-refractivity contribution in [2.24, 2.45) is 17.8 Å². The second kappa shape index (κ2) is 13.9. The van der Waals surface area contributed by atoms with Crippen LogP contribution in [0, 0.1) is 17.8 Å². The SMILES string of the molecule is C=CC=C[C@H](C)[C@H](O[Si](CC)(CC)CC)[C@@H](C)[C@H](O)[C@@H](C)C(=O)N1C(=O)OC[C@H]1Cc1ccccc1. The van der Waals surface area contributed by atoms with Gasteiger partial charge in [0.25, 0.3) is 0 Å². The van der Waals surface area contributed by atoms with Crippen molar-refractivity contribution in [3.8, 4) is 0 Å². The number of hydrogen-bond acceptors (Lipinski definition) is 5. The van der Waals surface area contributed by atoms with Gasteiger partial charge in [0.15, 0.2) is 8.32 Å². The zero-order chi connectivity index (χ0) is 26.9. The van der Waals surface area contributed by atoms with Crippen LogP contribution in [0.1, 0.15) is 47.1 Å². The van der Waals surface area contributed by atoms with Gasteiger partial charge < -0.3 is 14.3 Å². The molecule has 2 amide bonds. The van der Waals surface area contributed by atoms with E-state index in [1.807, 2.05) is 49.4 Å². The van der Waals surface area contributed by atoms with Crippen LogP contribution in [0.25, 0.3) is 0 Å². The summed E-state index contributed by atoms with van der Waals surface area (Å²) < 4.78 is 12.1. The van der Waals surface area contributed by atoms with Crippen molar-refractivity contribution >= 4 is 20.3 Å². The van der Waals surface area contributed by atoms with Gasteiger partial charge in [-0.3, -0.25) is 4.79 Å². The van der Waals surface area contributed by atoms with Crippen LogP contribution < -0.4 is 0 Å². The molecule has 1 heterocycles. The maximum atomic E-state index is 13.5. The predicted molar refractivity (Wildman–Crippen MR) is 147 cm³/mol. The molecule has 0 unspecified atom stereocenters. The third kappa shape index (κ3) is 7.17. The van der Waals surface area contributed by atoms with Crippen molar-refractivity contribution < 1.29 is 23.9 Å². The first-order valence-electron chi connectivity index (χ1n) is 13.3. The second-order valence-corrected chi connectivity index (χ2v) is 14.8. The molecule has 1 N–H and O–H groups in total. The number of aliphatic hydroxyl groups is 1.